The van der Waals surface area contributed by atoms with E-state index in [2.05, 4.69) is 0 Å². The van der Waals surface area contributed by atoms with E-state index in [1.54, 1.807) is 6.92 Å². The van der Waals surface area contributed by atoms with Crippen molar-refractivity contribution in [1.29, 1.82) is 0 Å². The zero-order valence-corrected chi connectivity index (χ0v) is 50.4. The van der Waals surface area contributed by atoms with Gasteiger partial charge in [-0.05, 0) is 90.7 Å². The Kier molecular flexibility index (Phi) is 26.4. The van der Waals surface area contributed by atoms with Gasteiger partial charge in [-0.2, -0.15) is 42.1 Å². The molecular formula is C45H43FeN8NaO26S5. The van der Waals surface area contributed by atoms with Gasteiger partial charge >= 0.3 is 35.2 Å². The van der Waals surface area contributed by atoms with Crippen LogP contribution in [0.5, 0.6) is 28.7 Å². The van der Waals surface area contributed by atoms with E-state index in [-0.39, 0.29) is 95.9 Å². The molecule has 458 valence electrons. The van der Waals surface area contributed by atoms with Crippen molar-refractivity contribution >= 4 is 118 Å². The van der Waals surface area contributed by atoms with Crippen LogP contribution in [0.15, 0.2) is 152 Å². The van der Waals surface area contributed by atoms with Crippen LogP contribution in [0.3, 0.4) is 0 Å². The first-order chi connectivity index (χ1) is 38.4. The molecule has 8 rings (SSSR count). The minimum atomic E-state index is -4.84. The van der Waals surface area contributed by atoms with Crippen LogP contribution < -0.4 is 63.3 Å². The summed E-state index contributed by atoms with van der Waals surface area (Å²) in [6.45, 7) is 1.67. The summed E-state index contributed by atoms with van der Waals surface area (Å²) in [5.74, 6) is -1.94. The molecule has 0 aromatic heterocycles. The Bertz CT molecular complexity index is 4390. The smallest absolute Gasteiger partial charge is 0.872 e. The largest absolute Gasteiger partial charge is 1.00 e. The zero-order chi connectivity index (χ0) is 64.4. The van der Waals surface area contributed by atoms with Crippen molar-refractivity contribution in [3.05, 3.63) is 163 Å². The molecule has 0 aliphatic carbocycles. The molecule has 0 saturated carbocycles. The number of fused-ring (bicyclic) bond motifs is 2. The number of hydrogen-bond acceptors (Lipinski definition) is 26. The second kappa shape index (κ2) is 30.1. The van der Waals surface area contributed by atoms with Crippen LogP contribution in [0.2, 0.25) is 0 Å². The first-order valence-corrected chi connectivity index (χ1v) is 28.8. The van der Waals surface area contributed by atoms with E-state index >= 15 is 0 Å². The number of nitrogens with two attached hydrogens (primary N) is 5. The topological polar surface area (TPSA) is 635 Å². The molecule has 8 aromatic rings. The van der Waals surface area contributed by atoms with E-state index in [1.165, 1.54) is 78.9 Å². The molecule has 41 heteroatoms. The molecule has 0 bridgehead atoms. The Morgan fingerprint density at radius 2 is 0.953 bits per heavy atom. The maximum absolute atomic E-state index is 11.3. The number of nitro benzene ring substituents is 3. The predicted molar refractivity (Wildman–Crippen MR) is 296 cm³/mol. The second-order valence-electron chi connectivity index (χ2n) is 16.2. The third-order valence-electron chi connectivity index (χ3n) is 10.2. The summed E-state index contributed by atoms with van der Waals surface area (Å²) in [7, 11) is -22.9. The number of benzene rings is 8. The Labute approximate surface area is 517 Å². The number of hydrogen-bond donors (Lipinski definition) is 14. The third-order valence-corrected chi connectivity index (χ3v) is 14.5. The van der Waals surface area contributed by atoms with Crippen LogP contribution in [-0.4, -0.2) is 100 Å². The van der Waals surface area contributed by atoms with Gasteiger partial charge in [0.25, 0.3) is 62.0 Å². The molecule has 0 radical (unpaired) electrons. The Morgan fingerprint density at radius 3 is 1.38 bits per heavy atom. The zero-order valence-electron chi connectivity index (χ0n) is 43.2. The number of nitrogens with zero attached hydrogens (tertiary/aromatic N) is 3. The molecule has 0 amide bonds. The monoisotopic (exact) mass is 1350 g/mol. The predicted octanol–water partition coefficient (Wildman–Crippen LogP) is 1.50. The van der Waals surface area contributed by atoms with Gasteiger partial charge in [0.15, 0.2) is 0 Å². The number of non-ortho nitro benzene ring substituents is 2. The third kappa shape index (κ3) is 21.3. The average Bonchev–Trinajstić information content (AvgIpc) is 1.28. The molecule has 86 heavy (non-hydrogen) atoms. The van der Waals surface area contributed by atoms with Gasteiger partial charge < -0.3 is 54.2 Å². The fraction of sp³-hybridized carbons (Fsp3) is 0.0222. The Morgan fingerprint density at radius 1 is 0.453 bits per heavy atom. The number of nitro groups is 3. The van der Waals surface area contributed by atoms with E-state index in [0.717, 1.165) is 36.4 Å². The standard InChI is InChI=1S/2C10H9NO7S2.C7H9NO3S.C6H5N3O5.C6H6N2O2.C6H6O2.Fe.Na/c11-8-3-6(19(13,14)15)1-5-2-7(20(16,17)18)4-9(12)10(5)8;11-10-8(20(16,17)18)4-7(19(13,14)15)5-2-1-3-6(12)9(5)10;1-5-4-6(12(9,10)11)2-3-7(5)8;7-4-1-3(8(11)12)2-5(6(4)10)9(13)14;7-5-1-3-6(4-2-5)8(9)10;7-5-2-1-3-6(8)4-5;;/h2*1-4,12H,11H2,(H,13,14,15)(H,16,17,18);2-4H,8H2,1H3,(H,9,10,11);1-2,10H,7H2;1-4H,7H2;1-4,7-8H;;/q;;;;;;;+1/p-1. The summed E-state index contributed by atoms with van der Waals surface area (Å²) in [6.07, 6.45) is 0. The number of rotatable bonds is 8. The van der Waals surface area contributed by atoms with E-state index in [1.807, 2.05) is 0 Å². The van der Waals surface area contributed by atoms with E-state index < -0.39 is 125 Å². The summed E-state index contributed by atoms with van der Waals surface area (Å²) in [6, 6.07) is 24.5. The van der Waals surface area contributed by atoms with Crippen LogP contribution in [-0.2, 0) is 67.7 Å². The van der Waals surface area contributed by atoms with Crippen LogP contribution >= 0.6 is 0 Å². The Hall–Kier alpha value is -8.45. The molecule has 0 saturated heterocycles. The van der Waals surface area contributed by atoms with Gasteiger partial charge in [-0.25, -0.2) is 0 Å². The molecule has 0 spiro atoms. The van der Waals surface area contributed by atoms with Gasteiger partial charge in [0, 0.05) is 74.6 Å². The summed E-state index contributed by atoms with van der Waals surface area (Å²) < 4.78 is 155. The van der Waals surface area contributed by atoms with Crippen molar-refractivity contribution in [1.82, 2.24) is 0 Å². The summed E-state index contributed by atoms with van der Waals surface area (Å²) in [5.41, 5.74) is 26.3. The van der Waals surface area contributed by atoms with Gasteiger partial charge in [0.05, 0.1) is 46.9 Å². The fourth-order valence-corrected chi connectivity index (χ4v) is 9.47. The van der Waals surface area contributed by atoms with Gasteiger partial charge in [-0.3, -0.25) is 53.1 Å². The van der Waals surface area contributed by atoms with Crippen molar-refractivity contribution in [3.63, 3.8) is 0 Å². The van der Waals surface area contributed by atoms with Crippen molar-refractivity contribution in [2.75, 3.05) is 28.7 Å². The van der Waals surface area contributed by atoms with E-state index in [9.17, 15) is 87.8 Å². The molecule has 8 aromatic carbocycles. The quantitative estimate of drug-likeness (QED) is 0.0256. The van der Waals surface area contributed by atoms with Gasteiger partial charge in [0.2, 0.25) is 5.75 Å². The van der Waals surface area contributed by atoms with Crippen LogP contribution in [0, 0.1) is 37.3 Å². The van der Waals surface area contributed by atoms with E-state index in [0.29, 0.717) is 29.1 Å². The Balaban J connectivity index is 0.000000528. The average molecular weight is 1350 g/mol. The second-order valence-corrected chi connectivity index (χ2v) is 23.2. The van der Waals surface area contributed by atoms with Gasteiger partial charge in [0.1, 0.15) is 27.0 Å². The molecule has 0 fully saturated rings. The van der Waals surface area contributed by atoms with E-state index in [4.69, 9.17) is 61.6 Å². The number of nitrogen functional groups attached to an aromatic ring is 5. The number of phenols is 4. The van der Waals surface area contributed by atoms with Crippen LogP contribution in [0.1, 0.15) is 5.56 Å². The minimum absolute atomic E-state index is 0. The molecule has 0 heterocycles. The molecule has 0 aliphatic heterocycles. The first-order valence-electron chi connectivity index (χ1n) is 21.6. The maximum atomic E-state index is 11.3. The van der Waals surface area contributed by atoms with Crippen LogP contribution in [0.4, 0.5) is 45.5 Å². The summed E-state index contributed by atoms with van der Waals surface area (Å²) >= 11 is 0. The molecule has 0 unspecified atom stereocenters. The molecule has 19 N–H and O–H groups in total. The van der Waals surface area contributed by atoms with Crippen molar-refractivity contribution in [2.45, 2.75) is 31.4 Å². The number of aryl methyl sites for hydroxylation is 1. The molecular weight excluding hydrogens is 1310 g/mol. The van der Waals surface area contributed by atoms with Gasteiger partial charge in [-0.1, -0.05) is 24.3 Å². The molecule has 0 atom stereocenters. The van der Waals surface area contributed by atoms with Gasteiger partial charge in [-0.15, -0.1) is 5.75 Å². The number of phenolic OH excluding ortho intramolecular Hbond substituents is 4. The molecule has 34 nitrogen and oxygen atoms in total. The van der Waals surface area contributed by atoms with Crippen LogP contribution in [0.25, 0.3) is 21.5 Å². The molecule has 0 aliphatic rings. The summed E-state index contributed by atoms with van der Waals surface area (Å²) in [4.78, 5) is 25.4. The van der Waals surface area contributed by atoms with Crippen molar-refractivity contribution in [2.24, 2.45) is 0 Å². The maximum Gasteiger partial charge on any atom is 1.00 e. The number of aromatic hydroxyl groups is 4. The SMILES string of the molecule is Cc1cc(S(=O)(=O)O)ccc1N.Nc1c(S(=O)(=O)O)cc(S(=O)(=O)O)c2cccc(O)c12.Nc1cc(S(=O)(=O)O)cc2cc(S(=O)(=O)O)cc(O)c12.Nc1cc([N+](=O)[O-])cc([N+](=O)[O-])c1O.Nc1ccc([N+](=O)[O-])cc1.[Fe].[Na+].[O-]c1cccc(O)c1. The van der Waals surface area contributed by atoms with Crippen molar-refractivity contribution < 1.29 is 152 Å². The minimum Gasteiger partial charge on any atom is -0.872 e. The normalized spacial score (nSPS) is 11.0. The number of anilines is 5. The first kappa shape index (κ1) is 75.6. The van der Waals surface area contributed by atoms with Crippen molar-refractivity contribution in [3.8, 4) is 28.7 Å². The fourth-order valence-electron chi connectivity index (χ4n) is 6.38. The summed E-state index contributed by atoms with van der Waals surface area (Å²) in [5, 5.41) is 77.6.